The number of benzene rings is 1. The summed E-state index contributed by atoms with van der Waals surface area (Å²) in [5.41, 5.74) is 2.52. The molecule has 0 aromatic heterocycles. The maximum Gasteiger partial charge on any atom is 0.125 e. The molecule has 0 spiro atoms. The molecule has 1 aromatic rings. The number of aryl methyl sites for hydroxylation is 1. The summed E-state index contributed by atoms with van der Waals surface area (Å²) in [6.45, 7) is 5.70. The molecule has 0 bridgehead atoms. The fourth-order valence-corrected chi connectivity index (χ4v) is 1.03. The van der Waals surface area contributed by atoms with Crippen LogP contribution in [0.15, 0.2) is 24.8 Å². The monoisotopic (exact) mass is 163 g/mol. The highest BCUT2D eigenvalue weighted by Crippen LogP contribution is 2.22. The molecule has 0 aliphatic heterocycles. The Hall–Kier alpha value is -1.44. The second kappa shape index (κ2) is 3.30. The number of phenols is 1. The SMILES string of the molecule is C=C(NC)c1ccc(C)cc1O. The minimum atomic E-state index is 0.273. The van der Waals surface area contributed by atoms with Crippen LogP contribution in [-0.2, 0) is 0 Å². The van der Waals surface area contributed by atoms with E-state index >= 15 is 0 Å². The van der Waals surface area contributed by atoms with Gasteiger partial charge in [0.2, 0.25) is 0 Å². The molecule has 0 aliphatic rings. The van der Waals surface area contributed by atoms with E-state index in [9.17, 15) is 5.11 Å². The standard InChI is InChI=1S/C10H13NO/c1-7-4-5-9(8(2)11-3)10(12)6-7/h4-6,11-12H,2H2,1,3H3. The van der Waals surface area contributed by atoms with Crippen LogP contribution in [0.4, 0.5) is 0 Å². The molecule has 2 nitrogen and oxygen atoms in total. The van der Waals surface area contributed by atoms with Crippen molar-refractivity contribution in [1.82, 2.24) is 5.32 Å². The summed E-state index contributed by atoms with van der Waals surface area (Å²) in [4.78, 5) is 0. The number of aromatic hydroxyl groups is 1. The van der Waals surface area contributed by atoms with Gasteiger partial charge in [-0.15, -0.1) is 0 Å². The first kappa shape index (κ1) is 8.65. The lowest BCUT2D eigenvalue weighted by Gasteiger charge is -2.07. The minimum absolute atomic E-state index is 0.273. The highest BCUT2D eigenvalue weighted by atomic mass is 16.3. The third-order valence-electron chi connectivity index (χ3n) is 1.78. The van der Waals surface area contributed by atoms with Crippen LogP contribution in [0.3, 0.4) is 0 Å². The number of phenolic OH excluding ortho intramolecular Hbond substituents is 1. The Morgan fingerprint density at radius 2 is 2.17 bits per heavy atom. The van der Waals surface area contributed by atoms with E-state index in [0.717, 1.165) is 16.8 Å². The van der Waals surface area contributed by atoms with Gasteiger partial charge in [-0.25, -0.2) is 0 Å². The summed E-state index contributed by atoms with van der Waals surface area (Å²) in [5.74, 6) is 0.273. The van der Waals surface area contributed by atoms with Gasteiger partial charge >= 0.3 is 0 Å². The lowest BCUT2D eigenvalue weighted by atomic mass is 10.1. The first-order valence-corrected chi connectivity index (χ1v) is 3.82. The summed E-state index contributed by atoms with van der Waals surface area (Å²) in [7, 11) is 1.78. The molecule has 2 heteroatoms. The molecule has 0 amide bonds. The first-order chi connectivity index (χ1) is 5.65. The Labute approximate surface area is 72.5 Å². The van der Waals surface area contributed by atoms with E-state index in [1.807, 2.05) is 19.1 Å². The van der Waals surface area contributed by atoms with Gasteiger partial charge in [-0.1, -0.05) is 12.6 Å². The summed E-state index contributed by atoms with van der Waals surface area (Å²) in [6.07, 6.45) is 0. The van der Waals surface area contributed by atoms with Gasteiger partial charge in [0, 0.05) is 18.3 Å². The van der Waals surface area contributed by atoms with Crippen molar-refractivity contribution in [2.75, 3.05) is 7.05 Å². The maximum atomic E-state index is 9.49. The Balaban J connectivity index is 3.09. The molecule has 0 atom stereocenters. The van der Waals surface area contributed by atoms with Gasteiger partial charge in [-0.2, -0.15) is 0 Å². The van der Waals surface area contributed by atoms with Crippen LogP contribution < -0.4 is 5.32 Å². The van der Waals surface area contributed by atoms with Crippen LogP contribution in [0.2, 0.25) is 0 Å². The molecule has 0 aliphatic carbocycles. The zero-order chi connectivity index (χ0) is 9.14. The molecule has 0 saturated carbocycles. The third kappa shape index (κ3) is 1.59. The van der Waals surface area contributed by atoms with E-state index in [-0.39, 0.29) is 5.75 Å². The molecule has 64 valence electrons. The Kier molecular flexibility index (Phi) is 2.38. The second-order valence-corrected chi connectivity index (χ2v) is 2.75. The molecule has 0 unspecified atom stereocenters. The topological polar surface area (TPSA) is 32.3 Å². The molecule has 0 saturated heterocycles. The zero-order valence-electron chi connectivity index (χ0n) is 7.39. The summed E-state index contributed by atoms with van der Waals surface area (Å²) >= 11 is 0. The van der Waals surface area contributed by atoms with Crippen LogP contribution in [0.25, 0.3) is 5.70 Å². The minimum Gasteiger partial charge on any atom is -0.507 e. The average Bonchev–Trinajstić information content (AvgIpc) is 2.03. The average molecular weight is 163 g/mol. The predicted molar refractivity (Wildman–Crippen MR) is 50.9 cm³/mol. The van der Waals surface area contributed by atoms with Crippen molar-refractivity contribution in [3.8, 4) is 5.75 Å². The Morgan fingerprint density at radius 1 is 1.50 bits per heavy atom. The molecule has 2 N–H and O–H groups in total. The van der Waals surface area contributed by atoms with Gasteiger partial charge in [-0.05, 0) is 24.6 Å². The summed E-state index contributed by atoms with van der Waals surface area (Å²) in [5, 5.41) is 12.4. The summed E-state index contributed by atoms with van der Waals surface area (Å²) in [6, 6.07) is 5.51. The fraction of sp³-hybridized carbons (Fsp3) is 0.200. The summed E-state index contributed by atoms with van der Waals surface area (Å²) < 4.78 is 0. The van der Waals surface area contributed by atoms with E-state index in [4.69, 9.17) is 0 Å². The molecular weight excluding hydrogens is 150 g/mol. The largest absolute Gasteiger partial charge is 0.507 e. The molecule has 0 fully saturated rings. The van der Waals surface area contributed by atoms with Crippen LogP contribution in [0.1, 0.15) is 11.1 Å². The van der Waals surface area contributed by atoms with Crippen molar-refractivity contribution in [2.45, 2.75) is 6.92 Å². The zero-order valence-corrected chi connectivity index (χ0v) is 7.39. The molecule has 1 aromatic carbocycles. The molecule has 1 rings (SSSR count). The number of hydrogen-bond donors (Lipinski definition) is 2. The van der Waals surface area contributed by atoms with Gasteiger partial charge in [0.25, 0.3) is 0 Å². The highest BCUT2D eigenvalue weighted by Gasteiger charge is 2.02. The van der Waals surface area contributed by atoms with E-state index in [0.29, 0.717) is 0 Å². The van der Waals surface area contributed by atoms with Crippen molar-refractivity contribution < 1.29 is 5.11 Å². The van der Waals surface area contributed by atoms with E-state index in [1.165, 1.54) is 0 Å². The maximum absolute atomic E-state index is 9.49. The van der Waals surface area contributed by atoms with Gasteiger partial charge in [0.05, 0.1) is 0 Å². The number of nitrogens with one attached hydrogen (secondary N) is 1. The van der Waals surface area contributed by atoms with Crippen LogP contribution in [-0.4, -0.2) is 12.2 Å². The van der Waals surface area contributed by atoms with E-state index in [1.54, 1.807) is 13.1 Å². The van der Waals surface area contributed by atoms with Crippen molar-refractivity contribution in [2.24, 2.45) is 0 Å². The molecule has 0 radical (unpaired) electrons. The van der Waals surface area contributed by atoms with E-state index in [2.05, 4.69) is 11.9 Å². The van der Waals surface area contributed by atoms with Crippen LogP contribution >= 0.6 is 0 Å². The van der Waals surface area contributed by atoms with Crippen molar-refractivity contribution >= 4 is 5.70 Å². The quantitative estimate of drug-likeness (QED) is 0.697. The fourth-order valence-electron chi connectivity index (χ4n) is 1.03. The lowest BCUT2D eigenvalue weighted by Crippen LogP contribution is -2.02. The van der Waals surface area contributed by atoms with Crippen LogP contribution in [0.5, 0.6) is 5.75 Å². The van der Waals surface area contributed by atoms with Gasteiger partial charge < -0.3 is 10.4 Å². The first-order valence-electron chi connectivity index (χ1n) is 3.82. The van der Waals surface area contributed by atoms with Crippen LogP contribution in [0, 0.1) is 6.92 Å². The third-order valence-corrected chi connectivity index (χ3v) is 1.78. The van der Waals surface area contributed by atoms with Crippen molar-refractivity contribution in [3.63, 3.8) is 0 Å². The van der Waals surface area contributed by atoms with Gasteiger partial charge in [0.15, 0.2) is 0 Å². The predicted octanol–water partition coefficient (Wildman–Crippen LogP) is 1.89. The van der Waals surface area contributed by atoms with Crippen molar-refractivity contribution in [3.05, 3.63) is 35.9 Å². The Morgan fingerprint density at radius 3 is 2.67 bits per heavy atom. The van der Waals surface area contributed by atoms with Gasteiger partial charge in [-0.3, -0.25) is 0 Å². The smallest absolute Gasteiger partial charge is 0.125 e. The number of rotatable bonds is 2. The van der Waals surface area contributed by atoms with Crippen molar-refractivity contribution in [1.29, 1.82) is 0 Å². The molecule has 0 heterocycles. The molecule has 12 heavy (non-hydrogen) atoms. The normalized spacial score (nSPS) is 9.50. The number of hydrogen-bond acceptors (Lipinski definition) is 2. The van der Waals surface area contributed by atoms with Gasteiger partial charge in [0.1, 0.15) is 5.75 Å². The second-order valence-electron chi connectivity index (χ2n) is 2.75. The highest BCUT2D eigenvalue weighted by molar-refractivity contribution is 5.67. The lowest BCUT2D eigenvalue weighted by molar-refractivity contribution is 0.473. The van der Waals surface area contributed by atoms with E-state index < -0.39 is 0 Å². The Bertz CT molecular complexity index is 305. The molecular formula is C10H13NO.